The van der Waals surface area contributed by atoms with E-state index in [1.54, 1.807) is 0 Å². The molecule has 3 nitrogen and oxygen atoms in total. The highest BCUT2D eigenvalue weighted by Gasteiger charge is 2.40. The Morgan fingerprint density at radius 1 is 1.47 bits per heavy atom. The predicted octanol–water partition coefficient (Wildman–Crippen LogP) is 2.23. The molecule has 0 aromatic carbocycles. The number of rotatable bonds is 5. The van der Waals surface area contributed by atoms with Crippen LogP contribution in [0, 0.1) is 22.2 Å². The number of nitrogens with one attached hydrogen (secondary N) is 1. The highest BCUT2D eigenvalue weighted by atomic mass is 16.2. The van der Waals surface area contributed by atoms with Crippen LogP contribution in [0.25, 0.3) is 0 Å². The Kier molecular flexibility index (Phi) is 3.38. The average molecular weight is 208 g/mol. The molecule has 1 N–H and O–H groups in total. The zero-order valence-corrected chi connectivity index (χ0v) is 9.89. The molecule has 0 radical (unpaired) electrons. The molecule has 1 aliphatic rings. The van der Waals surface area contributed by atoms with E-state index in [4.69, 9.17) is 5.26 Å². The molecular formula is C12H20N2O. The Morgan fingerprint density at radius 2 is 2.00 bits per heavy atom. The topological polar surface area (TPSA) is 52.9 Å². The van der Waals surface area contributed by atoms with E-state index in [2.05, 4.69) is 18.3 Å². The van der Waals surface area contributed by atoms with Gasteiger partial charge < -0.3 is 5.32 Å². The second kappa shape index (κ2) is 4.22. The van der Waals surface area contributed by atoms with E-state index in [9.17, 15) is 4.79 Å². The fourth-order valence-electron chi connectivity index (χ4n) is 1.63. The quantitative estimate of drug-likeness (QED) is 0.753. The van der Waals surface area contributed by atoms with Crippen molar-refractivity contribution in [3.8, 4) is 6.07 Å². The number of carbonyl (C=O) groups is 1. The van der Waals surface area contributed by atoms with E-state index in [0.29, 0.717) is 18.3 Å². The van der Waals surface area contributed by atoms with Gasteiger partial charge in [0.1, 0.15) is 5.41 Å². The molecule has 0 heterocycles. The second-order valence-corrected chi connectivity index (χ2v) is 4.89. The smallest absolute Gasteiger partial charge is 0.240 e. The molecule has 1 aliphatic carbocycles. The van der Waals surface area contributed by atoms with E-state index < -0.39 is 5.41 Å². The third-order valence-corrected chi connectivity index (χ3v) is 3.64. The van der Waals surface area contributed by atoms with Crippen LogP contribution in [0.15, 0.2) is 0 Å². The molecule has 0 aliphatic heterocycles. The summed E-state index contributed by atoms with van der Waals surface area (Å²) in [5.41, 5.74) is -0.510. The summed E-state index contributed by atoms with van der Waals surface area (Å²) in [6.07, 6.45) is 3.54. The van der Waals surface area contributed by atoms with Gasteiger partial charge in [0, 0.05) is 6.54 Å². The standard InChI is InChI=1S/C12H20N2O/c1-4-12(5-2,8-13)10(15)14-9-11(3)6-7-11/h4-7,9H2,1-3H3,(H,14,15). The van der Waals surface area contributed by atoms with Crippen LogP contribution in [0.2, 0.25) is 0 Å². The van der Waals surface area contributed by atoms with Gasteiger partial charge in [0.05, 0.1) is 6.07 Å². The van der Waals surface area contributed by atoms with Gasteiger partial charge in [-0.25, -0.2) is 0 Å². The summed E-state index contributed by atoms with van der Waals surface area (Å²) in [5, 5.41) is 12.0. The van der Waals surface area contributed by atoms with Crippen molar-refractivity contribution in [2.75, 3.05) is 6.54 Å². The number of hydrogen-bond acceptors (Lipinski definition) is 2. The Labute approximate surface area is 91.9 Å². The van der Waals surface area contributed by atoms with Gasteiger partial charge in [0.25, 0.3) is 0 Å². The van der Waals surface area contributed by atoms with Crippen molar-refractivity contribution < 1.29 is 4.79 Å². The average Bonchev–Trinajstić information content (AvgIpc) is 2.98. The predicted molar refractivity (Wildman–Crippen MR) is 59.0 cm³/mol. The maximum absolute atomic E-state index is 11.9. The van der Waals surface area contributed by atoms with Crippen LogP contribution < -0.4 is 5.32 Å². The molecular weight excluding hydrogens is 188 g/mol. The van der Waals surface area contributed by atoms with Gasteiger partial charge in [0.15, 0.2) is 0 Å². The van der Waals surface area contributed by atoms with Gasteiger partial charge in [-0.1, -0.05) is 20.8 Å². The molecule has 1 amide bonds. The molecule has 0 unspecified atom stereocenters. The van der Waals surface area contributed by atoms with Crippen molar-refractivity contribution in [2.45, 2.75) is 46.5 Å². The monoisotopic (exact) mass is 208 g/mol. The molecule has 1 fully saturated rings. The molecule has 0 aromatic heterocycles. The van der Waals surface area contributed by atoms with Crippen molar-refractivity contribution in [3.05, 3.63) is 0 Å². The zero-order valence-electron chi connectivity index (χ0n) is 9.89. The Balaban J connectivity index is 2.53. The van der Waals surface area contributed by atoms with Gasteiger partial charge in [-0.05, 0) is 31.1 Å². The van der Waals surface area contributed by atoms with Crippen LogP contribution >= 0.6 is 0 Å². The van der Waals surface area contributed by atoms with Crippen molar-refractivity contribution >= 4 is 5.91 Å². The van der Waals surface area contributed by atoms with Gasteiger partial charge in [-0.15, -0.1) is 0 Å². The fraction of sp³-hybridized carbons (Fsp3) is 0.833. The lowest BCUT2D eigenvalue weighted by molar-refractivity contribution is -0.128. The lowest BCUT2D eigenvalue weighted by Crippen LogP contribution is -2.41. The molecule has 3 heteroatoms. The molecule has 84 valence electrons. The molecule has 0 saturated heterocycles. The SMILES string of the molecule is CCC(C#N)(CC)C(=O)NCC1(C)CC1. The number of hydrogen-bond donors (Lipinski definition) is 1. The maximum atomic E-state index is 11.9. The number of nitrogens with zero attached hydrogens (tertiary/aromatic N) is 1. The van der Waals surface area contributed by atoms with E-state index in [0.717, 1.165) is 6.54 Å². The van der Waals surface area contributed by atoms with E-state index in [1.165, 1.54) is 12.8 Å². The summed E-state index contributed by atoms with van der Waals surface area (Å²) in [6, 6.07) is 2.16. The number of carbonyl (C=O) groups excluding carboxylic acids is 1. The van der Waals surface area contributed by atoms with Crippen LogP contribution in [0.3, 0.4) is 0 Å². The van der Waals surface area contributed by atoms with Crippen molar-refractivity contribution in [1.82, 2.24) is 5.32 Å². The lowest BCUT2D eigenvalue weighted by Gasteiger charge is -2.23. The normalized spacial score (nSPS) is 18.0. The van der Waals surface area contributed by atoms with Gasteiger partial charge in [-0.2, -0.15) is 5.26 Å². The molecule has 1 saturated carbocycles. The Bertz CT molecular complexity index is 282. The van der Waals surface area contributed by atoms with Crippen molar-refractivity contribution in [3.63, 3.8) is 0 Å². The summed E-state index contributed by atoms with van der Waals surface area (Å²) in [5.74, 6) is -0.0943. The number of nitriles is 1. The molecule has 0 atom stereocenters. The van der Waals surface area contributed by atoms with Gasteiger partial charge >= 0.3 is 0 Å². The molecule has 0 spiro atoms. The third kappa shape index (κ3) is 2.50. The highest BCUT2D eigenvalue weighted by Crippen LogP contribution is 2.44. The minimum atomic E-state index is -0.814. The zero-order chi connectivity index (χ0) is 11.5. The highest BCUT2D eigenvalue weighted by molar-refractivity contribution is 5.85. The first-order valence-electron chi connectivity index (χ1n) is 5.71. The van der Waals surface area contributed by atoms with Crippen LogP contribution in [0.4, 0.5) is 0 Å². The molecule has 1 rings (SSSR count). The Hall–Kier alpha value is -1.04. The fourth-order valence-corrected chi connectivity index (χ4v) is 1.63. The van der Waals surface area contributed by atoms with E-state index >= 15 is 0 Å². The first kappa shape index (κ1) is 12.0. The third-order valence-electron chi connectivity index (χ3n) is 3.64. The summed E-state index contributed by atoms with van der Waals surface area (Å²) >= 11 is 0. The number of amides is 1. The first-order chi connectivity index (χ1) is 7.02. The summed E-state index contributed by atoms with van der Waals surface area (Å²) < 4.78 is 0. The van der Waals surface area contributed by atoms with E-state index in [1.807, 2.05) is 13.8 Å². The second-order valence-electron chi connectivity index (χ2n) is 4.89. The molecule has 0 aromatic rings. The van der Waals surface area contributed by atoms with Crippen LogP contribution in [0.5, 0.6) is 0 Å². The minimum Gasteiger partial charge on any atom is -0.354 e. The Morgan fingerprint density at radius 3 is 2.33 bits per heavy atom. The first-order valence-corrected chi connectivity index (χ1v) is 5.71. The summed E-state index contributed by atoms with van der Waals surface area (Å²) in [6.45, 7) is 6.67. The largest absolute Gasteiger partial charge is 0.354 e. The summed E-state index contributed by atoms with van der Waals surface area (Å²) in [7, 11) is 0. The van der Waals surface area contributed by atoms with Crippen molar-refractivity contribution in [1.29, 1.82) is 5.26 Å². The minimum absolute atomic E-state index is 0.0943. The summed E-state index contributed by atoms with van der Waals surface area (Å²) in [4.78, 5) is 11.9. The van der Waals surface area contributed by atoms with Crippen LogP contribution in [-0.2, 0) is 4.79 Å². The van der Waals surface area contributed by atoms with Crippen molar-refractivity contribution in [2.24, 2.45) is 10.8 Å². The van der Waals surface area contributed by atoms with Crippen LogP contribution in [0.1, 0.15) is 46.5 Å². The van der Waals surface area contributed by atoms with Gasteiger partial charge in [-0.3, -0.25) is 4.79 Å². The van der Waals surface area contributed by atoms with Crippen LogP contribution in [-0.4, -0.2) is 12.5 Å². The molecule has 15 heavy (non-hydrogen) atoms. The van der Waals surface area contributed by atoms with Gasteiger partial charge in [0.2, 0.25) is 5.91 Å². The van der Waals surface area contributed by atoms with E-state index in [-0.39, 0.29) is 5.91 Å². The lowest BCUT2D eigenvalue weighted by atomic mass is 9.83. The maximum Gasteiger partial charge on any atom is 0.240 e. The molecule has 0 bridgehead atoms.